The average molecular weight is 1030 g/mol. The van der Waals surface area contributed by atoms with E-state index < -0.39 is 66.5 Å². The van der Waals surface area contributed by atoms with Crippen LogP contribution in [0.3, 0.4) is 0 Å². The lowest BCUT2D eigenvalue weighted by Crippen LogP contribution is -2.53. The first-order chi connectivity index (χ1) is 35.1. The SMILES string of the molecule is CC[C@H](C)[C@H](NC(=O)CNC(=O)CNC(=O)[C@H](CCCCNC(=O)CCCCN1/C(=C/C=C/C2=[N+](C)c3ccccc3C2(C)C)C(C)(C)c2ccccc21)NC(=O)c1ccc(C2(C(F)(F)F)N=N2)cc1)C(=O)NO. The van der Waals surface area contributed by atoms with E-state index in [4.69, 9.17) is 5.21 Å². The Labute approximate surface area is 429 Å². The van der Waals surface area contributed by atoms with E-state index in [1.54, 1.807) is 13.8 Å². The standard InChI is InChI=1S/C54H67F3N10O7/c1-8-34(2)47(50(73)63-74)62-46(70)33-59-45(69)32-60-49(72)39(61-48(71)35-26-28-36(29-27-35)53(64-65-53)54(55,56)57)20-13-15-30-58-44(68)25-14-16-31-67-41-22-12-10-19-38(41)52(5,6)43(67)24-17-23-42-51(3,4)37-18-9-11-21-40(37)66(42)7/h9-12,17-19,21-24,26-29,34,39,47H,8,13-16,20,25,30-33H2,1-7H3,(H6-,58,59,60,61,62,63,64,65,68,69,70,71,72,73,74)/p+1/t34-,39-,47-/m0/s1. The van der Waals surface area contributed by atoms with Gasteiger partial charge in [-0.15, -0.1) is 10.2 Å². The zero-order chi connectivity index (χ0) is 54.0. The number of rotatable bonds is 24. The molecule has 0 saturated carbocycles. The maximum absolute atomic E-state index is 13.6. The number of amides is 6. The van der Waals surface area contributed by atoms with Crippen LogP contribution in [0, 0.1) is 5.92 Å². The number of benzene rings is 3. The topological polar surface area (TPSA) is 226 Å². The monoisotopic (exact) mass is 1030 g/mol. The largest absolute Gasteiger partial charge is 0.442 e. The summed E-state index contributed by atoms with van der Waals surface area (Å²) in [6.45, 7) is 12.3. The highest BCUT2D eigenvalue weighted by atomic mass is 19.4. The molecule has 6 amide bonds. The van der Waals surface area contributed by atoms with E-state index in [1.165, 1.54) is 33.7 Å². The van der Waals surface area contributed by atoms with Gasteiger partial charge in [0, 0.05) is 65.1 Å². The van der Waals surface area contributed by atoms with Gasteiger partial charge in [0.1, 0.15) is 19.1 Å². The molecule has 0 bridgehead atoms. The summed E-state index contributed by atoms with van der Waals surface area (Å²) in [6.07, 6.45) is 4.80. The molecule has 3 aliphatic heterocycles. The quantitative estimate of drug-likeness (QED) is 0.0223. The van der Waals surface area contributed by atoms with Gasteiger partial charge in [-0.05, 0) is 81.7 Å². The Morgan fingerprint density at radius 1 is 0.770 bits per heavy atom. The van der Waals surface area contributed by atoms with Gasteiger partial charge in [0.2, 0.25) is 29.3 Å². The Morgan fingerprint density at radius 3 is 2.08 bits per heavy atom. The fourth-order valence-electron chi connectivity index (χ4n) is 9.59. The van der Waals surface area contributed by atoms with Crippen molar-refractivity contribution in [2.45, 2.75) is 121 Å². The predicted molar refractivity (Wildman–Crippen MR) is 273 cm³/mol. The molecule has 7 N–H and O–H groups in total. The number of halogens is 3. The molecule has 3 aliphatic rings. The normalized spacial score (nSPS) is 17.5. The number of nitrogens with zero attached hydrogens (tertiary/aromatic N) is 4. The summed E-state index contributed by atoms with van der Waals surface area (Å²) in [5, 5.41) is 28.2. The van der Waals surface area contributed by atoms with Crippen molar-refractivity contribution in [2.24, 2.45) is 16.1 Å². The summed E-state index contributed by atoms with van der Waals surface area (Å²) in [5.41, 5.74) is 5.35. The van der Waals surface area contributed by atoms with Crippen LogP contribution in [0.25, 0.3) is 0 Å². The molecule has 3 heterocycles. The second-order valence-electron chi connectivity index (χ2n) is 20.0. The molecule has 20 heteroatoms. The van der Waals surface area contributed by atoms with E-state index in [1.807, 2.05) is 6.07 Å². The lowest BCUT2D eigenvalue weighted by molar-refractivity contribution is -0.401. The van der Waals surface area contributed by atoms with Gasteiger partial charge in [-0.1, -0.05) is 88.7 Å². The van der Waals surface area contributed by atoms with Crippen LogP contribution in [0.1, 0.15) is 114 Å². The van der Waals surface area contributed by atoms with E-state index in [-0.39, 0.29) is 46.7 Å². The lowest BCUT2D eigenvalue weighted by Gasteiger charge is -2.27. The highest BCUT2D eigenvalue weighted by molar-refractivity contribution is 6.03. The molecule has 3 atom stereocenters. The first kappa shape index (κ1) is 56.1. The van der Waals surface area contributed by atoms with Crippen LogP contribution in [0.4, 0.5) is 24.5 Å². The summed E-state index contributed by atoms with van der Waals surface area (Å²) in [4.78, 5) is 79.4. The summed E-state index contributed by atoms with van der Waals surface area (Å²) >= 11 is 0. The Balaban J connectivity index is 0.998. The Kier molecular flexibility index (Phi) is 18.0. The first-order valence-corrected chi connectivity index (χ1v) is 25.0. The number of hydrogen-bond donors (Lipinski definition) is 7. The Bertz CT molecular complexity index is 2710. The molecule has 0 unspecified atom stereocenters. The van der Waals surface area contributed by atoms with Gasteiger partial charge >= 0.3 is 11.8 Å². The number of carbonyl (C=O) groups excluding carboxylic acids is 6. The molecule has 396 valence electrons. The number of nitrogens with one attached hydrogen (secondary N) is 6. The molecule has 0 spiro atoms. The molecule has 3 aromatic carbocycles. The molecule has 17 nitrogen and oxygen atoms in total. The summed E-state index contributed by atoms with van der Waals surface area (Å²) in [6, 6.07) is 19.1. The summed E-state index contributed by atoms with van der Waals surface area (Å²) in [5.74, 6) is -4.32. The third-order valence-electron chi connectivity index (χ3n) is 14.2. The molecule has 74 heavy (non-hydrogen) atoms. The predicted octanol–water partition coefficient (Wildman–Crippen LogP) is 6.64. The van der Waals surface area contributed by atoms with E-state index in [9.17, 15) is 41.9 Å². The maximum atomic E-state index is 13.6. The molecule has 6 rings (SSSR count). The number of carbonyl (C=O) groups is 6. The van der Waals surface area contributed by atoms with Crippen molar-refractivity contribution in [1.82, 2.24) is 32.1 Å². The van der Waals surface area contributed by atoms with Crippen molar-refractivity contribution < 1.29 is 51.7 Å². The second kappa shape index (κ2) is 23.8. The third kappa shape index (κ3) is 12.7. The van der Waals surface area contributed by atoms with Crippen LogP contribution in [0.5, 0.6) is 0 Å². The number of allylic oxidation sites excluding steroid dienone is 4. The number of alkyl halides is 3. The smallest absolute Gasteiger partial charge is 0.356 e. The molecule has 0 aliphatic carbocycles. The van der Waals surface area contributed by atoms with Crippen LogP contribution >= 0.6 is 0 Å². The highest BCUT2D eigenvalue weighted by Crippen LogP contribution is 2.52. The van der Waals surface area contributed by atoms with Crippen molar-refractivity contribution in [3.05, 3.63) is 119 Å². The third-order valence-corrected chi connectivity index (χ3v) is 14.2. The minimum absolute atomic E-state index is 0.0462. The lowest BCUT2D eigenvalue weighted by atomic mass is 9.81. The first-order valence-electron chi connectivity index (χ1n) is 25.0. The van der Waals surface area contributed by atoms with Crippen LogP contribution in [-0.4, -0.2) is 102 Å². The molecule has 0 aromatic heterocycles. The van der Waals surface area contributed by atoms with Crippen LogP contribution in [0.2, 0.25) is 0 Å². The number of hydrogen-bond acceptors (Lipinski definition) is 10. The van der Waals surface area contributed by atoms with Crippen molar-refractivity contribution >= 4 is 52.5 Å². The van der Waals surface area contributed by atoms with Crippen molar-refractivity contribution in [1.29, 1.82) is 0 Å². The zero-order valence-electron chi connectivity index (χ0n) is 43.0. The van der Waals surface area contributed by atoms with Gasteiger partial charge in [0.25, 0.3) is 11.8 Å². The van der Waals surface area contributed by atoms with E-state index in [0.29, 0.717) is 38.6 Å². The van der Waals surface area contributed by atoms with Gasteiger partial charge in [-0.3, -0.25) is 34.0 Å². The fraction of sp³-hybridized carbons (Fsp3) is 0.463. The molecular weight excluding hydrogens is 958 g/mol. The van der Waals surface area contributed by atoms with Gasteiger partial charge < -0.3 is 31.5 Å². The Hall–Kier alpha value is -7.22. The minimum Gasteiger partial charge on any atom is -0.356 e. The van der Waals surface area contributed by atoms with Crippen LogP contribution < -0.4 is 37.0 Å². The molecule has 0 radical (unpaired) electrons. The summed E-state index contributed by atoms with van der Waals surface area (Å²) < 4.78 is 43.0. The molecular formula is C54H68F3N10O7+. The van der Waals surface area contributed by atoms with Crippen molar-refractivity contribution in [2.75, 3.05) is 38.1 Å². The van der Waals surface area contributed by atoms with Gasteiger partial charge in [-0.25, -0.2) is 5.48 Å². The molecule has 0 saturated heterocycles. The highest BCUT2D eigenvalue weighted by Gasteiger charge is 2.65. The van der Waals surface area contributed by atoms with E-state index >= 15 is 0 Å². The number of anilines is 1. The maximum Gasteiger partial charge on any atom is 0.442 e. The minimum atomic E-state index is -4.76. The average Bonchev–Trinajstić information content (AvgIpc) is 4.15. The number of fused-ring (bicyclic) bond motifs is 2. The van der Waals surface area contributed by atoms with Gasteiger partial charge in [0.05, 0.1) is 18.5 Å². The zero-order valence-corrected chi connectivity index (χ0v) is 43.0. The molecule has 0 fully saturated rings. The van der Waals surface area contributed by atoms with E-state index in [0.717, 1.165) is 36.4 Å². The van der Waals surface area contributed by atoms with Crippen LogP contribution in [0.15, 0.2) is 107 Å². The number of hydroxylamine groups is 1. The summed E-state index contributed by atoms with van der Waals surface area (Å²) in [7, 11) is 2.10. The van der Waals surface area contributed by atoms with E-state index in [2.05, 4.69) is 142 Å². The van der Waals surface area contributed by atoms with Gasteiger partial charge in [-0.2, -0.15) is 17.7 Å². The fourth-order valence-corrected chi connectivity index (χ4v) is 9.59. The number of unbranched alkanes of at least 4 members (excludes halogenated alkanes) is 2. The van der Waals surface area contributed by atoms with Crippen molar-refractivity contribution in [3.63, 3.8) is 0 Å². The van der Waals surface area contributed by atoms with Crippen molar-refractivity contribution in [3.8, 4) is 0 Å². The van der Waals surface area contributed by atoms with Gasteiger partial charge in [0.15, 0.2) is 5.71 Å². The molecule has 3 aromatic rings. The number of para-hydroxylation sites is 2. The second-order valence-corrected chi connectivity index (χ2v) is 20.0. The Morgan fingerprint density at radius 2 is 1.43 bits per heavy atom. The van der Waals surface area contributed by atoms with Crippen LogP contribution in [-0.2, 0) is 40.5 Å².